The van der Waals surface area contributed by atoms with E-state index < -0.39 is 0 Å². The van der Waals surface area contributed by atoms with E-state index in [0.29, 0.717) is 52.0 Å². The van der Waals surface area contributed by atoms with Crippen LogP contribution in [0.15, 0.2) is 54.6 Å². The van der Waals surface area contributed by atoms with Crippen LogP contribution in [0.1, 0.15) is 0 Å². The minimum absolute atomic E-state index is 0.195. The van der Waals surface area contributed by atoms with Gasteiger partial charge < -0.3 is 28.4 Å². The van der Waals surface area contributed by atoms with Crippen molar-refractivity contribution in [2.75, 3.05) is 20.4 Å². The number of nitrogens with zero attached hydrogens (tertiary/aromatic N) is 3. The molecule has 1 aromatic heterocycles. The van der Waals surface area contributed by atoms with Crippen LogP contribution in [-0.4, -0.2) is 35.3 Å². The molecule has 0 fully saturated rings. The van der Waals surface area contributed by atoms with Crippen LogP contribution >= 0.6 is 0 Å². The molecule has 162 valence electrons. The zero-order valence-electron chi connectivity index (χ0n) is 17.1. The van der Waals surface area contributed by atoms with Gasteiger partial charge in [0.15, 0.2) is 52.0 Å². The third-order valence-electron chi connectivity index (χ3n) is 5.53. The lowest BCUT2D eigenvalue weighted by molar-refractivity contribution is 0.173. The van der Waals surface area contributed by atoms with E-state index in [1.807, 2.05) is 54.6 Å². The molecule has 4 heterocycles. The van der Waals surface area contributed by atoms with E-state index in [1.54, 1.807) is 0 Å². The van der Waals surface area contributed by atoms with Crippen molar-refractivity contribution in [3.63, 3.8) is 0 Å². The first-order chi connectivity index (χ1) is 16.3. The molecule has 0 spiro atoms. The molecule has 3 aliphatic heterocycles. The second kappa shape index (κ2) is 6.99. The van der Waals surface area contributed by atoms with Crippen LogP contribution in [0.2, 0.25) is 0 Å². The molecule has 3 aromatic carbocycles. The lowest BCUT2D eigenvalue weighted by Gasteiger charge is -2.09. The standard InChI is InChI=1S/C24H15N3O6/c1-4-16-19(31-10-28-16)7-13(1)22-25-23(14-2-5-17-20(8-14)32-11-29-17)27-24(26-22)15-3-6-18-21(9-15)33-12-30-18/h1-9H,10-12H2. The Hall–Kier alpha value is -4.53. The molecule has 9 heteroatoms. The normalized spacial score (nSPS) is 14.5. The summed E-state index contributed by atoms with van der Waals surface area (Å²) in [6, 6.07) is 16.8. The van der Waals surface area contributed by atoms with E-state index in [1.165, 1.54) is 0 Å². The van der Waals surface area contributed by atoms with Gasteiger partial charge >= 0.3 is 0 Å². The Balaban J connectivity index is 1.39. The molecule has 0 N–H and O–H groups in total. The fourth-order valence-electron chi connectivity index (χ4n) is 3.87. The molecular formula is C24H15N3O6. The molecule has 0 bridgehead atoms. The van der Waals surface area contributed by atoms with Crippen molar-refractivity contribution in [1.29, 1.82) is 0 Å². The molecule has 7 rings (SSSR count). The summed E-state index contributed by atoms with van der Waals surface area (Å²) in [7, 11) is 0. The lowest BCUT2D eigenvalue weighted by atomic mass is 10.1. The van der Waals surface area contributed by atoms with Gasteiger partial charge in [-0.15, -0.1) is 0 Å². The van der Waals surface area contributed by atoms with E-state index in [-0.39, 0.29) is 20.4 Å². The van der Waals surface area contributed by atoms with E-state index in [9.17, 15) is 0 Å². The molecule has 0 saturated heterocycles. The van der Waals surface area contributed by atoms with Gasteiger partial charge in [0.25, 0.3) is 0 Å². The summed E-state index contributed by atoms with van der Waals surface area (Å²) in [6.07, 6.45) is 0. The quantitative estimate of drug-likeness (QED) is 0.466. The number of ether oxygens (including phenoxy) is 6. The zero-order chi connectivity index (χ0) is 21.8. The molecule has 3 aliphatic rings. The molecule has 9 nitrogen and oxygen atoms in total. The summed E-state index contributed by atoms with van der Waals surface area (Å²) >= 11 is 0. The van der Waals surface area contributed by atoms with Crippen LogP contribution in [0, 0.1) is 0 Å². The number of benzene rings is 3. The van der Waals surface area contributed by atoms with Gasteiger partial charge in [0, 0.05) is 16.7 Å². The highest BCUT2D eigenvalue weighted by molar-refractivity contribution is 5.70. The number of hydrogen-bond donors (Lipinski definition) is 0. The Labute approximate surface area is 187 Å². The Morgan fingerprint density at radius 2 is 0.697 bits per heavy atom. The van der Waals surface area contributed by atoms with Crippen molar-refractivity contribution in [3.05, 3.63) is 54.6 Å². The third kappa shape index (κ3) is 3.05. The molecule has 0 saturated carbocycles. The van der Waals surface area contributed by atoms with Gasteiger partial charge in [-0.05, 0) is 54.6 Å². The smallest absolute Gasteiger partial charge is 0.231 e. The van der Waals surface area contributed by atoms with Crippen molar-refractivity contribution in [3.8, 4) is 68.7 Å². The number of hydrogen-bond acceptors (Lipinski definition) is 9. The van der Waals surface area contributed by atoms with Gasteiger partial charge in [-0.3, -0.25) is 0 Å². The lowest BCUT2D eigenvalue weighted by Crippen LogP contribution is -2.00. The maximum atomic E-state index is 5.54. The van der Waals surface area contributed by atoms with Gasteiger partial charge in [0.05, 0.1) is 0 Å². The molecule has 4 aromatic rings. The van der Waals surface area contributed by atoms with E-state index in [0.717, 1.165) is 16.7 Å². The van der Waals surface area contributed by atoms with Gasteiger partial charge in [0.2, 0.25) is 20.4 Å². The summed E-state index contributed by atoms with van der Waals surface area (Å²) in [5, 5.41) is 0. The molecule has 0 amide bonds. The zero-order valence-corrected chi connectivity index (χ0v) is 17.1. The van der Waals surface area contributed by atoms with Gasteiger partial charge in [-0.2, -0.15) is 0 Å². The van der Waals surface area contributed by atoms with E-state index >= 15 is 0 Å². The fraction of sp³-hybridized carbons (Fsp3) is 0.125. The predicted molar refractivity (Wildman–Crippen MR) is 115 cm³/mol. The highest BCUT2D eigenvalue weighted by atomic mass is 16.7. The van der Waals surface area contributed by atoms with Crippen LogP contribution in [0.4, 0.5) is 0 Å². The topological polar surface area (TPSA) is 94.1 Å². The number of fused-ring (bicyclic) bond motifs is 3. The van der Waals surface area contributed by atoms with Crippen molar-refractivity contribution in [1.82, 2.24) is 15.0 Å². The van der Waals surface area contributed by atoms with Crippen LogP contribution < -0.4 is 28.4 Å². The molecular weight excluding hydrogens is 426 g/mol. The summed E-state index contributed by atoms with van der Waals surface area (Å²) in [4.78, 5) is 14.3. The minimum Gasteiger partial charge on any atom is -0.454 e. The van der Waals surface area contributed by atoms with E-state index in [4.69, 9.17) is 43.4 Å². The van der Waals surface area contributed by atoms with Crippen LogP contribution in [0.25, 0.3) is 34.2 Å². The summed E-state index contributed by atoms with van der Waals surface area (Å²) in [6.45, 7) is 0.586. The second-order valence-corrected chi connectivity index (χ2v) is 7.51. The van der Waals surface area contributed by atoms with Gasteiger partial charge in [-0.1, -0.05) is 0 Å². The SMILES string of the molecule is c1cc2c(cc1-c1nc(-c3ccc4c(c3)OCO4)nc(-c3ccc4c(c3)OCO4)n1)OCO2. The third-order valence-corrected chi connectivity index (χ3v) is 5.53. The molecule has 0 unspecified atom stereocenters. The first-order valence-electron chi connectivity index (χ1n) is 10.3. The summed E-state index contributed by atoms with van der Waals surface area (Å²) in [5.41, 5.74) is 2.35. The first-order valence-corrected chi connectivity index (χ1v) is 10.3. The van der Waals surface area contributed by atoms with Crippen molar-refractivity contribution >= 4 is 0 Å². The number of aromatic nitrogens is 3. The minimum atomic E-state index is 0.195. The molecule has 33 heavy (non-hydrogen) atoms. The highest BCUT2D eigenvalue weighted by Gasteiger charge is 2.21. The largest absolute Gasteiger partial charge is 0.454 e. The van der Waals surface area contributed by atoms with Crippen molar-refractivity contribution in [2.24, 2.45) is 0 Å². The predicted octanol–water partition coefficient (Wildman–Crippen LogP) is 4.06. The second-order valence-electron chi connectivity index (χ2n) is 7.51. The number of rotatable bonds is 3. The fourth-order valence-corrected chi connectivity index (χ4v) is 3.87. The highest BCUT2D eigenvalue weighted by Crippen LogP contribution is 2.39. The van der Waals surface area contributed by atoms with Gasteiger partial charge in [-0.25, -0.2) is 15.0 Å². The monoisotopic (exact) mass is 441 g/mol. The Morgan fingerprint density at radius 3 is 1.03 bits per heavy atom. The Kier molecular flexibility index (Phi) is 3.83. The van der Waals surface area contributed by atoms with Crippen molar-refractivity contribution < 1.29 is 28.4 Å². The molecule has 0 atom stereocenters. The van der Waals surface area contributed by atoms with Crippen molar-refractivity contribution in [2.45, 2.75) is 0 Å². The maximum Gasteiger partial charge on any atom is 0.231 e. The van der Waals surface area contributed by atoms with Crippen LogP contribution in [0.5, 0.6) is 34.5 Å². The van der Waals surface area contributed by atoms with Crippen LogP contribution in [0.3, 0.4) is 0 Å². The summed E-state index contributed by atoms with van der Waals surface area (Å²) < 4.78 is 32.9. The average Bonchev–Trinajstić information content (AvgIpc) is 3.62. The van der Waals surface area contributed by atoms with E-state index in [2.05, 4.69) is 0 Å². The van der Waals surface area contributed by atoms with Gasteiger partial charge in [0.1, 0.15) is 0 Å². The maximum absolute atomic E-state index is 5.54. The Bertz CT molecular complexity index is 1240. The summed E-state index contributed by atoms with van der Waals surface area (Å²) in [5.74, 6) is 5.56. The Morgan fingerprint density at radius 1 is 0.394 bits per heavy atom. The van der Waals surface area contributed by atoms with Crippen LogP contribution in [-0.2, 0) is 0 Å². The average molecular weight is 441 g/mol. The first kappa shape index (κ1) is 18.1. The molecule has 0 aliphatic carbocycles. The molecule has 0 radical (unpaired) electrons.